The van der Waals surface area contributed by atoms with E-state index in [1.165, 1.54) is 19.3 Å². The van der Waals surface area contributed by atoms with Crippen LogP contribution < -0.4 is 0 Å². The van der Waals surface area contributed by atoms with E-state index in [-0.39, 0.29) is 18.0 Å². The van der Waals surface area contributed by atoms with Gasteiger partial charge < -0.3 is 4.74 Å². The Morgan fingerprint density at radius 1 is 1.50 bits per heavy atom. The summed E-state index contributed by atoms with van der Waals surface area (Å²) in [7, 11) is 0. The summed E-state index contributed by atoms with van der Waals surface area (Å²) in [6.45, 7) is 4.22. The quantitative estimate of drug-likeness (QED) is 0.602. The van der Waals surface area contributed by atoms with Crippen molar-refractivity contribution in [2.75, 3.05) is 0 Å². The molecule has 1 saturated heterocycles. The topological polar surface area (TPSA) is 26.3 Å². The summed E-state index contributed by atoms with van der Waals surface area (Å²) >= 11 is 0. The normalized spacial score (nSPS) is 44.0. The van der Waals surface area contributed by atoms with Gasteiger partial charge in [0.2, 0.25) is 0 Å². The number of unbranched alkanes of at least 4 members (excludes halogenated alkanes) is 1. The second-order valence-electron chi connectivity index (χ2n) is 4.05. The molecule has 0 radical (unpaired) electrons. The second kappa shape index (κ2) is 2.75. The van der Waals surface area contributed by atoms with Crippen molar-refractivity contribution in [2.24, 2.45) is 17.8 Å². The first-order valence-corrected chi connectivity index (χ1v) is 4.96. The zero-order chi connectivity index (χ0) is 8.72. The average Bonchev–Trinajstić information content (AvgIpc) is 2.66. The van der Waals surface area contributed by atoms with Gasteiger partial charge in [0, 0.05) is 5.92 Å². The number of carbonyl (C=O) groups is 1. The maximum Gasteiger partial charge on any atom is 0.309 e. The Kier molecular flexibility index (Phi) is 1.85. The van der Waals surface area contributed by atoms with Crippen LogP contribution >= 0.6 is 0 Å². The molecule has 1 heterocycles. The lowest BCUT2D eigenvalue weighted by molar-refractivity contribution is -0.145. The van der Waals surface area contributed by atoms with Gasteiger partial charge in [-0.2, -0.15) is 0 Å². The molecule has 4 atom stereocenters. The third-order valence-electron chi connectivity index (χ3n) is 3.24. The lowest BCUT2D eigenvalue weighted by Gasteiger charge is -2.08. The summed E-state index contributed by atoms with van der Waals surface area (Å²) in [6, 6.07) is 0. The molecule has 68 valence electrons. The standard InChI is InChI=1S/C10H16O2/c1-3-4-5-7-8-6(2)12-10(11)9(7)8/h6-9H,3-5H2,1-2H3/t6-,7+,8-,9+/m0/s1. The number of hydrogen-bond donors (Lipinski definition) is 0. The molecule has 1 aliphatic heterocycles. The maximum absolute atomic E-state index is 11.2. The predicted octanol–water partition coefficient (Wildman–Crippen LogP) is 1.98. The van der Waals surface area contributed by atoms with E-state index in [2.05, 4.69) is 6.92 Å². The smallest absolute Gasteiger partial charge is 0.309 e. The van der Waals surface area contributed by atoms with Crippen LogP contribution in [-0.4, -0.2) is 12.1 Å². The molecule has 12 heavy (non-hydrogen) atoms. The zero-order valence-corrected chi connectivity index (χ0v) is 7.75. The van der Waals surface area contributed by atoms with Gasteiger partial charge in [0.25, 0.3) is 0 Å². The van der Waals surface area contributed by atoms with Crippen LogP contribution in [0.3, 0.4) is 0 Å². The van der Waals surface area contributed by atoms with Gasteiger partial charge in [0.05, 0.1) is 5.92 Å². The van der Waals surface area contributed by atoms with Crippen molar-refractivity contribution >= 4 is 5.97 Å². The van der Waals surface area contributed by atoms with Crippen LogP contribution in [0.2, 0.25) is 0 Å². The van der Waals surface area contributed by atoms with Gasteiger partial charge in [-0.05, 0) is 19.3 Å². The van der Waals surface area contributed by atoms with Crippen LogP contribution in [-0.2, 0) is 9.53 Å². The predicted molar refractivity (Wildman–Crippen MR) is 45.5 cm³/mol. The van der Waals surface area contributed by atoms with Crippen molar-refractivity contribution in [3.05, 3.63) is 0 Å². The molecule has 0 N–H and O–H groups in total. The first-order chi connectivity index (χ1) is 5.75. The largest absolute Gasteiger partial charge is 0.462 e. The number of carbonyl (C=O) groups excluding carboxylic acids is 1. The third-order valence-corrected chi connectivity index (χ3v) is 3.24. The third kappa shape index (κ3) is 1.05. The summed E-state index contributed by atoms with van der Waals surface area (Å²) < 4.78 is 5.09. The van der Waals surface area contributed by atoms with Crippen LogP contribution in [0.15, 0.2) is 0 Å². The highest BCUT2D eigenvalue weighted by Crippen LogP contribution is 2.57. The van der Waals surface area contributed by atoms with Gasteiger partial charge in [-0.3, -0.25) is 4.79 Å². The van der Waals surface area contributed by atoms with Gasteiger partial charge >= 0.3 is 5.97 Å². The van der Waals surface area contributed by atoms with Crippen molar-refractivity contribution in [3.63, 3.8) is 0 Å². The molecule has 2 heteroatoms. The summed E-state index contributed by atoms with van der Waals surface area (Å²) in [5.41, 5.74) is 0. The van der Waals surface area contributed by atoms with Crippen molar-refractivity contribution in [1.82, 2.24) is 0 Å². The second-order valence-corrected chi connectivity index (χ2v) is 4.05. The SMILES string of the molecule is CCCC[C@H]1[C@H]2C(=O)O[C@@H](C)[C@@H]12. The molecule has 2 aliphatic rings. The minimum atomic E-state index is 0.0635. The first kappa shape index (κ1) is 8.09. The molecule has 1 saturated carbocycles. The number of esters is 1. The van der Waals surface area contributed by atoms with E-state index in [9.17, 15) is 4.79 Å². The average molecular weight is 168 g/mol. The minimum Gasteiger partial charge on any atom is -0.462 e. The highest BCUT2D eigenvalue weighted by Gasteiger charge is 2.63. The Morgan fingerprint density at radius 2 is 2.25 bits per heavy atom. The van der Waals surface area contributed by atoms with Crippen LogP contribution in [0.5, 0.6) is 0 Å². The van der Waals surface area contributed by atoms with Crippen LogP contribution in [0, 0.1) is 17.8 Å². The molecular weight excluding hydrogens is 152 g/mol. The van der Waals surface area contributed by atoms with E-state index in [0.29, 0.717) is 11.8 Å². The number of fused-ring (bicyclic) bond motifs is 1. The Labute approximate surface area is 73.3 Å². The number of cyclic esters (lactones) is 1. The van der Waals surface area contributed by atoms with Gasteiger partial charge in [-0.15, -0.1) is 0 Å². The van der Waals surface area contributed by atoms with Crippen LogP contribution in [0.4, 0.5) is 0 Å². The first-order valence-electron chi connectivity index (χ1n) is 4.96. The fourth-order valence-electron chi connectivity index (χ4n) is 2.52. The molecule has 0 aromatic rings. The maximum atomic E-state index is 11.2. The van der Waals surface area contributed by atoms with Gasteiger partial charge in [-0.1, -0.05) is 19.8 Å². The highest BCUT2D eigenvalue weighted by molar-refractivity contribution is 5.79. The summed E-state index contributed by atoms with van der Waals surface area (Å²) in [5.74, 6) is 1.59. The molecule has 0 unspecified atom stereocenters. The summed E-state index contributed by atoms with van der Waals surface area (Å²) in [6.07, 6.45) is 3.92. The minimum absolute atomic E-state index is 0.0635. The van der Waals surface area contributed by atoms with Crippen molar-refractivity contribution in [1.29, 1.82) is 0 Å². The van der Waals surface area contributed by atoms with Crippen molar-refractivity contribution in [2.45, 2.75) is 39.2 Å². The number of ether oxygens (including phenoxy) is 1. The molecule has 0 amide bonds. The Balaban J connectivity index is 1.87. The summed E-state index contributed by atoms with van der Waals surface area (Å²) in [4.78, 5) is 11.2. The van der Waals surface area contributed by atoms with E-state index >= 15 is 0 Å². The van der Waals surface area contributed by atoms with Crippen LogP contribution in [0.1, 0.15) is 33.1 Å². The molecule has 2 rings (SSSR count). The lowest BCUT2D eigenvalue weighted by Crippen LogP contribution is -2.12. The van der Waals surface area contributed by atoms with E-state index in [0.717, 1.165) is 0 Å². The van der Waals surface area contributed by atoms with Crippen molar-refractivity contribution in [3.8, 4) is 0 Å². The zero-order valence-electron chi connectivity index (χ0n) is 7.75. The Bertz CT molecular complexity index is 200. The Hall–Kier alpha value is -0.530. The molecule has 2 nitrogen and oxygen atoms in total. The van der Waals surface area contributed by atoms with Crippen molar-refractivity contribution < 1.29 is 9.53 Å². The molecule has 0 spiro atoms. The van der Waals surface area contributed by atoms with Gasteiger partial charge in [0.15, 0.2) is 0 Å². The number of hydrogen-bond acceptors (Lipinski definition) is 2. The van der Waals surface area contributed by atoms with E-state index < -0.39 is 0 Å². The molecule has 1 aliphatic carbocycles. The fraction of sp³-hybridized carbons (Fsp3) is 0.900. The highest BCUT2D eigenvalue weighted by atomic mass is 16.6. The van der Waals surface area contributed by atoms with Crippen LogP contribution in [0.25, 0.3) is 0 Å². The molecule has 2 fully saturated rings. The molecule has 0 aromatic carbocycles. The van der Waals surface area contributed by atoms with E-state index in [1.54, 1.807) is 0 Å². The van der Waals surface area contributed by atoms with Gasteiger partial charge in [0.1, 0.15) is 6.10 Å². The number of rotatable bonds is 3. The lowest BCUT2D eigenvalue weighted by atomic mass is 10.1. The summed E-state index contributed by atoms with van der Waals surface area (Å²) in [5, 5.41) is 0. The molecule has 0 bridgehead atoms. The molecular formula is C10H16O2. The monoisotopic (exact) mass is 168 g/mol. The van der Waals surface area contributed by atoms with E-state index in [1.807, 2.05) is 6.92 Å². The van der Waals surface area contributed by atoms with Gasteiger partial charge in [-0.25, -0.2) is 0 Å². The molecule has 0 aromatic heterocycles. The fourth-order valence-corrected chi connectivity index (χ4v) is 2.52. The van der Waals surface area contributed by atoms with E-state index in [4.69, 9.17) is 4.74 Å². The Morgan fingerprint density at radius 3 is 2.75 bits per heavy atom.